The van der Waals surface area contributed by atoms with Gasteiger partial charge in [-0.2, -0.15) is 0 Å². The Morgan fingerprint density at radius 2 is 2.10 bits per heavy atom. The van der Waals surface area contributed by atoms with Crippen molar-refractivity contribution in [3.63, 3.8) is 0 Å². The molecule has 2 heterocycles. The lowest BCUT2D eigenvalue weighted by molar-refractivity contribution is 0.133. The van der Waals surface area contributed by atoms with Gasteiger partial charge in [-0.1, -0.05) is 12.5 Å². The summed E-state index contributed by atoms with van der Waals surface area (Å²) in [6.07, 6.45) is 4.06. The lowest BCUT2D eigenvalue weighted by Crippen LogP contribution is -2.55. The molecule has 0 radical (unpaired) electrons. The van der Waals surface area contributed by atoms with Gasteiger partial charge in [0, 0.05) is 43.0 Å². The van der Waals surface area contributed by atoms with Crippen LogP contribution in [-0.2, 0) is 0 Å². The molecule has 2 unspecified atom stereocenters. The average Bonchev–Trinajstić information content (AvgIpc) is 2.53. The topological polar surface area (TPSA) is 41.7 Å². The predicted molar refractivity (Wildman–Crippen MR) is 87.0 cm³/mol. The number of benzene rings is 1. The first-order chi connectivity index (χ1) is 10.2. The van der Waals surface area contributed by atoms with Gasteiger partial charge in [0.05, 0.1) is 7.11 Å². The summed E-state index contributed by atoms with van der Waals surface area (Å²) in [5.41, 5.74) is 8.61. The fraction of sp³-hybridized carbons (Fsp3) is 0.647. The molecule has 21 heavy (non-hydrogen) atoms. The maximum Gasteiger partial charge on any atom is 0.125 e. The molecule has 116 valence electrons. The molecule has 0 amide bonds. The minimum Gasteiger partial charge on any atom is -0.496 e. The maximum atomic E-state index is 6.21. The number of hydrogen-bond acceptors (Lipinski definition) is 4. The summed E-state index contributed by atoms with van der Waals surface area (Å²) in [4.78, 5) is 5.17. The fourth-order valence-corrected chi connectivity index (χ4v) is 3.82. The average molecular weight is 289 g/mol. The number of nitrogens with zero attached hydrogens (tertiary/aromatic N) is 2. The van der Waals surface area contributed by atoms with Crippen LogP contribution in [0, 0.1) is 0 Å². The normalized spacial score (nSPS) is 24.5. The molecular weight excluding hydrogens is 262 g/mol. The van der Waals surface area contributed by atoms with Crippen LogP contribution in [0.15, 0.2) is 18.2 Å². The zero-order valence-corrected chi connectivity index (χ0v) is 13.2. The number of nitrogens with two attached hydrogens (primary N) is 1. The Balaban J connectivity index is 1.86. The number of rotatable bonds is 3. The molecule has 0 spiro atoms. The summed E-state index contributed by atoms with van der Waals surface area (Å²) in [5, 5.41) is 0. The summed E-state index contributed by atoms with van der Waals surface area (Å²) >= 11 is 0. The van der Waals surface area contributed by atoms with Crippen molar-refractivity contribution < 1.29 is 4.74 Å². The van der Waals surface area contributed by atoms with E-state index in [9.17, 15) is 0 Å². The van der Waals surface area contributed by atoms with Gasteiger partial charge in [0.2, 0.25) is 0 Å². The summed E-state index contributed by atoms with van der Waals surface area (Å²) < 4.78 is 5.53. The molecule has 2 aliphatic heterocycles. The molecule has 2 saturated heterocycles. The highest BCUT2D eigenvalue weighted by Gasteiger charge is 2.30. The molecule has 0 aliphatic carbocycles. The highest BCUT2D eigenvalue weighted by atomic mass is 16.5. The van der Waals surface area contributed by atoms with Crippen LogP contribution in [0.3, 0.4) is 0 Å². The van der Waals surface area contributed by atoms with Crippen LogP contribution in [0.2, 0.25) is 0 Å². The first-order valence-electron chi connectivity index (χ1n) is 8.12. The second kappa shape index (κ2) is 6.24. The van der Waals surface area contributed by atoms with Gasteiger partial charge < -0.3 is 15.4 Å². The number of methoxy groups -OCH3 is 1. The number of hydrogen-bond donors (Lipinski definition) is 1. The van der Waals surface area contributed by atoms with Gasteiger partial charge in [0.15, 0.2) is 0 Å². The molecule has 0 aromatic heterocycles. The monoisotopic (exact) mass is 289 g/mol. The van der Waals surface area contributed by atoms with E-state index in [1.807, 2.05) is 13.0 Å². The van der Waals surface area contributed by atoms with Crippen LogP contribution in [0.1, 0.15) is 37.8 Å². The molecule has 2 fully saturated rings. The number of piperazine rings is 1. The van der Waals surface area contributed by atoms with Gasteiger partial charge in [-0.3, -0.25) is 4.90 Å². The van der Waals surface area contributed by atoms with Crippen LogP contribution >= 0.6 is 0 Å². The second-order valence-electron chi connectivity index (χ2n) is 6.31. The zero-order chi connectivity index (χ0) is 14.8. The Labute approximate surface area is 127 Å². The van der Waals surface area contributed by atoms with Gasteiger partial charge in [0.25, 0.3) is 0 Å². The molecule has 4 nitrogen and oxygen atoms in total. The van der Waals surface area contributed by atoms with Crippen LogP contribution < -0.4 is 15.4 Å². The number of fused-ring (bicyclic) bond motifs is 1. The highest BCUT2D eigenvalue weighted by Crippen LogP contribution is 2.35. The van der Waals surface area contributed by atoms with Crippen LogP contribution in [0.4, 0.5) is 5.69 Å². The Morgan fingerprint density at radius 1 is 1.24 bits per heavy atom. The number of ether oxygens (including phenoxy) is 1. The molecule has 0 bridgehead atoms. The van der Waals surface area contributed by atoms with E-state index < -0.39 is 0 Å². The lowest BCUT2D eigenvalue weighted by atomic mass is 9.97. The van der Waals surface area contributed by atoms with E-state index >= 15 is 0 Å². The third kappa shape index (κ3) is 2.87. The third-order valence-corrected chi connectivity index (χ3v) is 4.90. The van der Waals surface area contributed by atoms with Crippen molar-refractivity contribution in [1.29, 1.82) is 0 Å². The Morgan fingerprint density at radius 3 is 2.86 bits per heavy atom. The molecule has 1 aromatic carbocycles. The van der Waals surface area contributed by atoms with E-state index in [0.717, 1.165) is 24.4 Å². The summed E-state index contributed by atoms with van der Waals surface area (Å²) in [7, 11) is 1.73. The van der Waals surface area contributed by atoms with Crippen LogP contribution in [-0.4, -0.2) is 44.2 Å². The molecule has 4 heteroatoms. The smallest absolute Gasteiger partial charge is 0.125 e. The van der Waals surface area contributed by atoms with E-state index in [1.54, 1.807) is 7.11 Å². The second-order valence-corrected chi connectivity index (χ2v) is 6.31. The van der Waals surface area contributed by atoms with E-state index in [4.69, 9.17) is 10.5 Å². The number of anilines is 1. The molecular formula is C17H27N3O. The van der Waals surface area contributed by atoms with Crippen molar-refractivity contribution in [3.05, 3.63) is 23.8 Å². The van der Waals surface area contributed by atoms with Gasteiger partial charge in [-0.15, -0.1) is 0 Å². The van der Waals surface area contributed by atoms with Gasteiger partial charge in [-0.25, -0.2) is 0 Å². The summed E-state index contributed by atoms with van der Waals surface area (Å²) in [6.45, 7) is 6.69. The van der Waals surface area contributed by atoms with E-state index in [1.165, 1.54) is 38.0 Å². The largest absolute Gasteiger partial charge is 0.496 e. The molecule has 2 N–H and O–H groups in total. The SMILES string of the molecule is COc1cccc(N2CCN3CCCCC3C2)c1C(C)N. The molecule has 2 atom stereocenters. The van der Waals surface area contributed by atoms with E-state index in [0.29, 0.717) is 6.04 Å². The van der Waals surface area contributed by atoms with Crippen molar-refractivity contribution in [1.82, 2.24) is 4.90 Å². The number of piperidine rings is 1. The van der Waals surface area contributed by atoms with Crippen LogP contribution in [0.5, 0.6) is 5.75 Å². The first-order valence-corrected chi connectivity index (χ1v) is 8.12. The van der Waals surface area contributed by atoms with Crippen LogP contribution in [0.25, 0.3) is 0 Å². The van der Waals surface area contributed by atoms with Crippen molar-refractivity contribution in [2.75, 3.05) is 38.2 Å². The molecule has 2 aliphatic rings. The lowest BCUT2D eigenvalue weighted by Gasteiger charge is -2.45. The van der Waals surface area contributed by atoms with Gasteiger partial charge in [0.1, 0.15) is 5.75 Å². The minimum absolute atomic E-state index is 0.0134. The van der Waals surface area contributed by atoms with Crippen molar-refractivity contribution in [3.8, 4) is 5.75 Å². The Hall–Kier alpha value is -1.26. The molecule has 3 rings (SSSR count). The predicted octanol–water partition coefficient (Wildman–Crippen LogP) is 2.39. The summed E-state index contributed by atoms with van der Waals surface area (Å²) in [6, 6.07) is 6.98. The third-order valence-electron chi connectivity index (χ3n) is 4.90. The van der Waals surface area contributed by atoms with Crippen molar-refractivity contribution in [2.45, 2.75) is 38.3 Å². The van der Waals surface area contributed by atoms with Crippen molar-refractivity contribution >= 4 is 5.69 Å². The highest BCUT2D eigenvalue weighted by molar-refractivity contribution is 5.61. The van der Waals surface area contributed by atoms with Gasteiger partial charge >= 0.3 is 0 Å². The Bertz CT molecular complexity index is 489. The van der Waals surface area contributed by atoms with E-state index in [-0.39, 0.29) is 6.04 Å². The van der Waals surface area contributed by atoms with E-state index in [2.05, 4.69) is 21.9 Å². The quantitative estimate of drug-likeness (QED) is 0.928. The molecule has 0 saturated carbocycles. The fourth-order valence-electron chi connectivity index (χ4n) is 3.82. The standard InChI is InChI=1S/C17H27N3O/c1-13(18)17-15(7-5-8-16(17)21-2)20-11-10-19-9-4-3-6-14(19)12-20/h5,7-8,13-14H,3-4,6,9-12,18H2,1-2H3. The molecule has 1 aromatic rings. The Kier molecular flexibility index (Phi) is 4.36. The van der Waals surface area contributed by atoms with Gasteiger partial charge in [-0.05, 0) is 38.4 Å². The summed E-state index contributed by atoms with van der Waals surface area (Å²) in [5.74, 6) is 0.911. The maximum absolute atomic E-state index is 6.21. The first kappa shape index (κ1) is 14.7. The minimum atomic E-state index is -0.0134. The van der Waals surface area contributed by atoms with Crippen molar-refractivity contribution in [2.24, 2.45) is 5.73 Å². The zero-order valence-electron chi connectivity index (χ0n) is 13.2.